The fourth-order valence-corrected chi connectivity index (χ4v) is 4.86. The van der Waals surface area contributed by atoms with Gasteiger partial charge in [0, 0.05) is 50.4 Å². The number of anilines is 2. The highest BCUT2D eigenvalue weighted by Gasteiger charge is 2.21. The van der Waals surface area contributed by atoms with E-state index in [9.17, 15) is 4.79 Å². The molecule has 0 aliphatic carbocycles. The van der Waals surface area contributed by atoms with Crippen LogP contribution in [-0.4, -0.2) is 66.6 Å². The summed E-state index contributed by atoms with van der Waals surface area (Å²) in [5.74, 6) is 0.251. The van der Waals surface area contributed by atoms with Crippen molar-refractivity contribution in [3.63, 3.8) is 0 Å². The van der Waals surface area contributed by atoms with Gasteiger partial charge in [-0.05, 0) is 29.7 Å². The third-order valence-electron chi connectivity index (χ3n) is 5.49. The predicted molar refractivity (Wildman–Crippen MR) is 132 cm³/mol. The van der Waals surface area contributed by atoms with Crippen LogP contribution in [0.4, 0.5) is 11.4 Å². The third kappa shape index (κ3) is 4.73. The van der Waals surface area contributed by atoms with Crippen LogP contribution in [0.3, 0.4) is 0 Å². The molecule has 5 rings (SSSR count). The number of aromatic nitrogens is 3. The molecule has 4 aromatic rings. The lowest BCUT2D eigenvalue weighted by atomic mass is 10.1. The van der Waals surface area contributed by atoms with E-state index in [0.717, 1.165) is 46.8 Å². The average molecular weight is 457 g/mol. The number of piperazine rings is 1. The number of carbonyl (C=O) groups is 1. The van der Waals surface area contributed by atoms with E-state index in [0.29, 0.717) is 17.2 Å². The standard InChI is InChI=1S/C23H22BN6O2S/c1-32-24-30-12-10-29(11-13-30)19-7-8-25-15-18(19)28-23(31)17-6-9-26-22(27-17)21-14-16-4-2-3-5-20(16)33-21/h2-9,14-15H,10-13H2,1H3,(H,28,31). The van der Waals surface area contributed by atoms with Gasteiger partial charge >= 0.3 is 7.62 Å². The number of pyridine rings is 1. The van der Waals surface area contributed by atoms with Crippen LogP contribution in [0.25, 0.3) is 20.8 Å². The Bertz CT molecular complexity index is 1240. The van der Waals surface area contributed by atoms with Gasteiger partial charge in [-0.15, -0.1) is 11.3 Å². The number of nitrogens with zero attached hydrogens (tertiary/aromatic N) is 5. The van der Waals surface area contributed by atoms with Crippen molar-refractivity contribution in [3.05, 3.63) is 66.7 Å². The van der Waals surface area contributed by atoms with Crippen molar-refractivity contribution >= 4 is 46.3 Å². The lowest BCUT2D eigenvalue weighted by molar-refractivity contribution is 0.102. The molecule has 0 bridgehead atoms. The van der Waals surface area contributed by atoms with Crippen molar-refractivity contribution in [2.45, 2.75) is 0 Å². The minimum absolute atomic E-state index is 0.291. The molecular weight excluding hydrogens is 435 g/mol. The Kier molecular flexibility index (Phi) is 6.29. The number of rotatable bonds is 6. The number of amides is 1. The van der Waals surface area contributed by atoms with Gasteiger partial charge in [-0.1, -0.05) is 18.2 Å². The minimum Gasteiger partial charge on any atom is -0.427 e. The molecule has 3 aromatic heterocycles. The van der Waals surface area contributed by atoms with Gasteiger partial charge in [-0.3, -0.25) is 9.78 Å². The van der Waals surface area contributed by atoms with E-state index in [-0.39, 0.29) is 5.91 Å². The van der Waals surface area contributed by atoms with E-state index in [1.54, 1.807) is 50.7 Å². The molecule has 0 spiro atoms. The second-order valence-corrected chi connectivity index (χ2v) is 8.71. The first-order valence-electron chi connectivity index (χ1n) is 10.6. The molecule has 1 N–H and O–H groups in total. The Morgan fingerprint density at radius 1 is 1.12 bits per heavy atom. The van der Waals surface area contributed by atoms with Gasteiger partial charge in [0.2, 0.25) is 0 Å². The second-order valence-electron chi connectivity index (χ2n) is 7.63. The summed E-state index contributed by atoms with van der Waals surface area (Å²) in [6.45, 7) is 3.31. The van der Waals surface area contributed by atoms with E-state index in [1.807, 2.05) is 18.2 Å². The normalized spacial score (nSPS) is 14.4. The first-order chi connectivity index (χ1) is 16.2. The zero-order valence-corrected chi connectivity index (χ0v) is 19.0. The van der Waals surface area contributed by atoms with Gasteiger partial charge in [0.1, 0.15) is 5.69 Å². The van der Waals surface area contributed by atoms with Crippen LogP contribution >= 0.6 is 11.3 Å². The summed E-state index contributed by atoms with van der Waals surface area (Å²) in [4.78, 5) is 31.5. The lowest BCUT2D eigenvalue weighted by Crippen LogP contribution is -2.48. The summed E-state index contributed by atoms with van der Waals surface area (Å²) >= 11 is 1.61. The van der Waals surface area contributed by atoms with E-state index >= 15 is 0 Å². The molecule has 165 valence electrons. The molecule has 4 heterocycles. The van der Waals surface area contributed by atoms with Crippen LogP contribution in [-0.2, 0) is 4.65 Å². The third-order valence-corrected chi connectivity index (χ3v) is 6.60. The lowest BCUT2D eigenvalue weighted by Gasteiger charge is -2.36. The highest BCUT2D eigenvalue weighted by molar-refractivity contribution is 7.22. The fourth-order valence-electron chi connectivity index (χ4n) is 3.86. The summed E-state index contributed by atoms with van der Waals surface area (Å²) < 4.78 is 6.27. The first kappa shape index (κ1) is 21.5. The maximum atomic E-state index is 13.1. The Hall–Kier alpha value is -3.34. The molecule has 8 nitrogen and oxygen atoms in total. The number of hydrogen-bond donors (Lipinski definition) is 1. The SMILES string of the molecule is CO[B]N1CCN(c2ccncc2NC(=O)c2ccnc(-c3cc4ccccc4s3)n2)CC1. The molecule has 1 aliphatic heterocycles. The summed E-state index contributed by atoms with van der Waals surface area (Å²) in [5.41, 5.74) is 1.91. The van der Waals surface area contributed by atoms with Crippen LogP contribution in [0.1, 0.15) is 10.5 Å². The van der Waals surface area contributed by atoms with Gasteiger partial charge in [0.25, 0.3) is 5.91 Å². The van der Waals surface area contributed by atoms with Crippen molar-refractivity contribution in [2.24, 2.45) is 0 Å². The van der Waals surface area contributed by atoms with Crippen LogP contribution < -0.4 is 10.2 Å². The van der Waals surface area contributed by atoms with Crippen molar-refractivity contribution in [1.29, 1.82) is 0 Å². The summed E-state index contributed by atoms with van der Waals surface area (Å²) in [6, 6.07) is 13.7. The molecule has 1 amide bonds. The Morgan fingerprint density at radius 2 is 1.97 bits per heavy atom. The molecule has 0 unspecified atom stereocenters. The zero-order valence-electron chi connectivity index (χ0n) is 18.1. The Balaban J connectivity index is 1.34. The molecule has 1 aromatic carbocycles. The van der Waals surface area contributed by atoms with Crippen LogP contribution in [0.5, 0.6) is 0 Å². The molecule has 0 atom stereocenters. The number of benzene rings is 1. The zero-order chi connectivity index (χ0) is 22.6. The number of hydrogen-bond acceptors (Lipinski definition) is 8. The maximum absolute atomic E-state index is 13.1. The van der Waals surface area contributed by atoms with Gasteiger partial charge in [-0.2, -0.15) is 0 Å². The minimum atomic E-state index is -0.291. The van der Waals surface area contributed by atoms with E-state index in [4.69, 9.17) is 4.65 Å². The average Bonchev–Trinajstić information content (AvgIpc) is 3.30. The highest BCUT2D eigenvalue weighted by atomic mass is 32.1. The van der Waals surface area contributed by atoms with Crippen molar-refractivity contribution in [2.75, 3.05) is 43.5 Å². The summed E-state index contributed by atoms with van der Waals surface area (Å²) in [6.07, 6.45) is 5.04. The molecule has 1 radical (unpaired) electrons. The molecule has 10 heteroatoms. The van der Waals surface area contributed by atoms with Crippen molar-refractivity contribution in [1.82, 2.24) is 19.8 Å². The fraction of sp³-hybridized carbons (Fsp3) is 0.217. The number of nitrogens with one attached hydrogen (secondary N) is 1. The van der Waals surface area contributed by atoms with E-state index in [2.05, 4.69) is 48.2 Å². The molecule has 1 saturated heterocycles. The molecule has 33 heavy (non-hydrogen) atoms. The van der Waals surface area contributed by atoms with Crippen LogP contribution in [0.2, 0.25) is 0 Å². The van der Waals surface area contributed by atoms with Crippen molar-refractivity contribution < 1.29 is 9.45 Å². The first-order valence-corrected chi connectivity index (χ1v) is 11.5. The van der Waals surface area contributed by atoms with E-state index < -0.39 is 0 Å². The van der Waals surface area contributed by atoms with Crippen LogP contribution in [0, 0.1) is 0 Å². The maximum Gasteiger partial charge on any atom is 0.398 e. The Morgan fingerprint density at radius 3 is 2.79 bits per heavy atom. The smallest absolute Gasteiger partial charge is 0.398 e. The van der Waals surface area contributed by atoms with Crippen LogP contribution in [0.15, 0.2) is 61.1 Å². The Labute approximate surface area is 196 Å². The highest BCUT2D eigenvalue weighted by Crippen LogP contribution is 2.31. The molecule has 0 saturated carbocycles. The largest absolute Gasteiger partial charge is 0.427 e. The topological polar surface area (TPSA) is 83.5 Å². The number of thiophene rings is 1. The molecule has 1 aliphatic rings. The number of carbonyl (C=O) groups excluding carboxylic acids is 1. The number of fused-ring (bicyclic) bond motifs is 1. The van der Waals surface area contributed by atoms with Crippen molar-refractivity contribution in [3.8, 4) is 10.7 Å². The monoisotopic (exact) mass is 457 g/mol. The summed E-state index contributed by atoms with van der Waals surface area (Å²) in [5, 5.41) is 4.13. The quantitative estimate of drug-likeness (QED) is 0.445. The second kappa shape index (κ2) is 9.66. The van der Waals surface area contributed by atoms with Gasteiger partial charge < -0.3 is 19.7 Å². The van der Waals surface area contributed by atoms with Gasteiger partial charge in [-0.25, -0.2) is 9.97 Å². The van der Waals surface area contributed by atoms with Gasteiger partial charge in [0.15, 0.2) is 5.82 Å². The summed E-state index contributed by atoms with van der Waals surface area (Å²) in [7, 11) is 3.40. The molecular formula is C23H22BN6O2S. The van der Waals surface area contributed by atoms with E-state index in [1.165, 1.54) is 0 Å². The predicted octanol–water partition coefficient (Wildman–Crippen LogP) is 3.31. The molecule has 1 fully saturated rings. The van der Waals surface area contributed by atoms with Gasteiger partial charge in [0.05, 0.1) is 22.4 Å².